The monoisotopic (exact) mass is 1580 g/mol. The van der Waals surface area contributed by atoms with Crippen molar-refractivity contribution in [2.24, 2.45) is 4.99 Å². The van der Waals surface area contributed by atoms with Gasteiger partial charge in [-0.25, -0.2) is 29.0 Å². The molecule has 0 saturated heterocycles. The van der Waals surface area contributed by atoms with E-state index in [0.29, 0.717) is 40.6 Å². The Morgan fingerprint density at radius 1 is 0.600 bits per heavy atom. The number of carbonyl (C=O) groups is 7. The summed E-state index contributed by atoms with van der Waals surface area (Å²) in [4.78, 5) is 127. The number of benzene rings is 6. The van der Waals surface area contributed by atoms with Gasteiger partial charge in [0, 0.05) is 133 Å². The van der Waals surface area contributed by atoms with Crippen LogP contribution in [0.1, 0.15) is 61.2 Å². The number of hydrogen-bond acceptors (Lipinski definition) is 27. The molecule has 105 heavy (non-hydrogen) atoms. The number of carboxylic acid groups (broad SMARTS) is 4. The second-order valence-corrected chi connectivity index (χ2v) is 17.7. The smallest absolute Gasteiger partial charge is 1.00 e. The Morgan fingerprint density at radius 2 is 0.943 bits per heavy atom. The van der Waals surface area contributed by atoms with Gasteiger partial charge in [0.05, 0.1) is 54.5 Å². The van der Waals surface area contributed by atoms with Crippen molar-refractivity contribution in [3.63, 3.8) is 0 Å². The predicted octanol–water partition coefficient (Wildman–Crippen LogP) is 6.25. The number of hydrogen-bond donors (Lipinski definition) is 8. The molecule has 1 aliphatic heterocycles. The first-order valence-corrected chi connectivity index (χ1v) is 27.4. The Hall–Kier alpha value is -11.9. The van der Waals surface area contributed by atoms with E-state index >= 15 is 0 Å². The predicted molar refractivity (Wildman–Crippen MR) is 371 cm³/mol. The van der Waals surface area contributed by atoms with Crippen molar-refractivity contribution >= 4 is 106 Å². The summed E-state index contributed by atoms with van der Waals surface area (Å²) in [5.41, 5.74) is 8.76. The Morgan fingerprint density at radius 3 is 1.24 bits per heavy atom. The number of aldehydes is 1. The maximum Gasteiger partial charge on any atom is 1.00 e. The fraction of sp³-hybridized carbons (Fsp3) is 0.185. The summed E-state index contributed by atoms with van der Waals surface area (Å²) < 4.78 is 39.0. The van der Waals surface area contributed by atoms with Crippen molar-refractivity contribution in [3.8, 4) is 0 Å². The maximum atomic E-state index is 11.3. The van der Waals surface area contributed by atoms with E-state index in [1.807, 2.05) is 6.07 Å². The number of aliphatic imine (C=N–C) groups is 1. The van der Waals surface area contributed by atoms with E-state index in [1.165, 1.54) is 144 Å². The molecule has 0 saturated carbocycles. The average molecular weight is 1580 g/mol. The van der Waals surface area contributed by atoms with Gasteiger partial charge in [-0.05, 0) is 64.3 Å². The van der Waals surface area contributed by atoms with Crippen molar-refractivity contribution in [1.82, 2.24) is 0 Å². The molecule has 7 rings (SSSR count). The van der Waals surface area contributed by atoms with Gasteiger partial charge < -0.3 is 79.5 Å². The minimum Gasteiger partial charge on any atom is -1.00 e. The standard InChI is InChI=1S/C11H8N2O4.C11H11NO5.C10H9NO5.C10H13NO3.C9H7NO5.C7H5NO3.C3H6O2.CH3F.2CH4O.CH3.Na.H2O.Pd.H/c1-7-12-10(11(14)17-7)6-8-3-2-4-9(5-8)13(15)16;1-16-10(11(13)17-2)7-8-4-3-5-9(6-8)12(14)15;1-16-9(10(12)13)6-7-3-2-4-8(5-7)11(14)15;1-14-9(10(12)13)6-7-3-2-4-8(11)5-7;11-8(9(12)13)5-6-2-1-3-7(4-6)10(14)15;9-5-6-2-1-3-7(4-6)8(10)11;1-2-3(4)5;3*1-2;;;;;/h2-6H,1H3;3-7H,1-2H3;2-6H,1H3,(H,12,13);2-5,9H,6,11H2,1H3,(H,12,13);1-5,11H,(H,12,13);1-5H;2H2,1H3,(H,4,5);1H3;2*2H,1H3;1H3;;1H2;;/q;;;;;;;;;;-1;+1;;;-1/b10-6-;10-7-;9-6-;;8-5-;;;;;;;;;;/i;;;;;;;1D;;;;;;;. The van der Waals surface area contributed by atoms with Crippen LogP contribution in [0, 0.1) is 58.0 Å². The third kappa shape index (κ3) is 45.5. The number of aliphatic hydroxyl groups excluding tert-OH is 3. The molecule has 37 nitrogen and oxygen atoms in total. The molecule has 0 amide bonds. The Bertz CT molecular complexity index is 3980. The Labute approximate surface area is 636 Å². The summed E-state index contributed by atoms with van der Waals surface area (Å²) in [5.74, 6) is -6.50. The number of nitrogen functional groups attached to an aromatic ring is 1. The first kappa shape index (κ1) is 104. The van der Waals surface area contributed by atoms with Crippen LogP contribution >= 0.6 is 0 Å². The van der Waals surface area contributed by atoms with Crippen LogP contribution in [-0.4, -0.2) is 170 Å². The van der Waals surface area contributed by atoms with Crippen molar-refractivity contribution in [2.45, 2.75) is 32.8 Å². The summed E-state index contributed by atoms with van der Waals surface area (Å²) >= 11 is 0. The van der Waals surface area contributed by atoms with Crippen molar-refractivity contribution < 1.29 is 180 Å². The Kier molecular flexibility index (Phi) is 60.3. The third-order valence-corrected chi connectivity index (χ3v) is 11.0. The molecule has 0 spiro atoms. The second kappa shape index (κ2) is 60.8. The molecule has 1 heterocycles. The topological polar surface area (TPSA) is 593 Å². The number of nitrogens with zero attached hydrogens (tertiary/aromatic N) is 6. The van der Waals surface area contributed by atoms with Crippen LogP contribution in [0.25, 0.3) is 24.3 Å². The maximum absolute atomic E-state index is 11.3. The third-order valence-electron chi connectivity index (χ3n) is 11.0. The Balaban J connectivity index is -0.000000177. The van der Waals surface area contributed by atoms with Crippen molar-refractivity contribution in [2.75, 3.05) is 55.5 Å². The molecule has 0 fully saturated rings. The zero-order chi connectivity index (χ0) is 78.6. The van der Waals surface area contributed by atoms with E-state index < -0.39 is 79.4 Å². The number of alkyl halides is 1. The first-order valence-electron chi connectivity index (χ1n) is 28.2. The minimum atomic E-state index is -1.48. The fourth-order valence-corrected chi connectivity index (χ4v) is 6.54. The van der Waals surface area contributed by atoms with Crippen molar-refractivity contribution in [3.05, 3.63) is 260 Å². The number of carboxylic acids is 4. The number of carbonyl (C=O) groups excluding carboxylic acids is 3. The molecule has 6 aromatic carbocycles. The van der Waals surface area contributed by atoms with Gasteiger partial charge in [-0.1, -0.05) is 79.7 Å². The number of cyclic esters (lactones) is 1. The fourth-order valence-electron chi connectivity index (χ4n) is 6.54. The number of ether oxygens (including phenoxy) is 5. The zero-order valence-corrected chi connectivity index (χ0v) is 61.1. The molecule has 40 heteroatoms. The average Bonchev–Trinajstić information content (AvgIpc) is 1.80. The van der Waals surface area contributed by atoms with E-state index in [4.69, 9.17) is 57.1 Å². The second-order valence-electron chi connectivity index (χ2n) is 17.7. The summed E-state index contributed by atoms with van der Waals surface area (Å²) in [5, 5.41) is 109. The number of non-ortho nitro benzene ring substituents is 5. The molecule has 11 N–H and O–H groups in total. The molecular weight excluding hydrogens is 1510 g/mol. The summed E-state index contributed by atoms with van der Waals surface area (Å²) in [6, 6.07) is 35.4. The normalized spacial score (nSPS) is 11.0. The number of aliphatic carboxylic acids is 4. The molecule has 1 aliphatic rings. The van der Waals surface area contributed by atoms with Gasteiger partial charge in [0.25, 0.3) is 28.4 Å². The molecule has 6 aromatic rings. The molecule has 0 bridgehead atoms. The van der Waals surface area contributed by atoms with Crippen LogP contribution in [0.3, 0.4) is 0 Å². The molecule has 0 aromatic heterocycles. The number of rotatable bonds is 20. The summed E-state index contributed by atoms with van der Waals surface area (Å²) in [6.45, 7) is 3.16. The van der Waals surface area contributed by atoms with Crippen LogP contribution in [0.15, 0.2) is 174 Å². The molecule has 1 unspecified atom stereocenters. The molecule has 0 radical (unpaired) electrons. The summed E-state index contributed by atoms with van der Waals surface area (Å²) in [6.07, 6.45) is 5.30. The number of anilines is 1. The number of nitro benzene ring substituents is 5. The van der Waals surface area contributed by atoms with Gasteiger partial charge in [-0.2, -0.15) is 0 Å². The number of nitrogens with two attached hydrogens (primary N) is 1. The van der Waals surface area contributed by atoms with Gasteiger partial charge in [-0.15, -0.1) is 0 Å². The van der Waals surface area contributed by atoms with Gasteiger partial charge in [0.1, 0.15) is 6.29 Å². The SMILES string of the molecule is CC1=N/C(=C\c2cccc([N+](=O)[O-])c2)C(=O)O1.CCC(=O)O.CO.CO.CO/C(=C\c1cccc([N+](=O)[O-])c1)C(=O)O.COC(=O)/C(=C/c1cccc([N+](=O)[O-])c1)OC.COC(Cc1cccc(N)c1)C(=O)O.O.O=C(O)/C(O)=C/c1cccc([N+](=O)[O-])c1.O=Cc1cccc([N+](=O)[O-])c1.[2H]CF.[CH3-].[H-].[Na+].[Pd]. The van der Waals surface area contributed by atoms with Gasteiger partial charge in [0.15, 0.2) is 17.7 Å². The molecular formula is C65H76FN7NaO30Pd-. The van der Waals surface area contributed by atoms with E-state index in [9.17, 15) is 88.5 Å². The van der Waals surface area contributed by atoms with Gasteiger partial charge >= 0.3 is 65.4 Å². The zero-order valence-electron chi connectivity index (χ0n) is 59.5. The van der Waals surface area contributed by atoms with Gasteiger partial charge in [-0.3, -0.25) is 64.6 Å². The minimum absolute atomic E-state index is 0. The van der Waals surface area contributed by atoms with Crippen LogP contribution in [0.4, 0.5) is 38.5 Å². The number of methoxy groups -OCH3 is 4. The van der Waals surface area contributed by atoms with Gasteiger partial charge in [0.2, 0.25) is 17.3 Å². The van der Waals surface area contributed by atoms with E-state index in [0.717, 1.165) is 25.9 Å². The van der Waals surface area contributed by atoms with Crippen molar-refractivity contribution in [1.29, 1.82) is 0 Å². The number of aliphatic hydroxyl groups is 3. The quantitative estimate of drug-likeness (QED) is 0.00481. The molecule has 0 aliphatic carbocycles. The van der Waals surface area contributed by atoms with E-state index in [2.05, 4.69) is 14.5 Å². The van der Waals surface area contributed by atoms with E-state index in [1.54, 1.807) is 56.3 Å². The number of esters is 2. The first-order chi connectivity index (χ1) is 48.2. The van der Waals surface area contributed by atoms with Crippen LogP contribution in [0.2, 0.25) is 0 Å². The van der Waals surface area contributed by atoms with Crippen LogP contribution in [-0.2, 0) is 79.3 Å². The summed E-state index contributed by atoms with van der Waals surface area (Å²) in [7, 11) is 6.14. The number of nitro groups is 5. The largest absolute Gasteiger partial charge is 1.00 e. The molecule has 1 atom stereocenters. The molecule has 570 valence electrons. The van der Waals surface area contributed by atoms with Crippen LogP contribution in [0.5, 0.6) is 0 Å². The van der Waals surface area contributed by atoms with Crippen LogP contribution < -0.4 is 35.3 Å². The van der Waals surface area contributed by atoms with E-state index in [-0.39, 0.29) is 128 Å². The number of halogens is 1.